The number of ketones is 2. The van der Waals surface area contributed by atoms with Gasteiger partial charge in [0.2, 0.25) is 0 Å². The molecule has 2 saturated carbocycles. The zero-order valence-electron chi connectivity index (χ0n) is 12.5. The van der Waals surface area contributed by atoms with Gasteiger partial charge in [0.25, 0.3) is 0 Å². The Morgan fingerprint density at radius 3 is 1.70 bits per heavy atom. The highest BCUT2D eigenvalue weighted by Crippen LogP contribution is 2.42. The lowest BCUT2D eigenvalue weighted by atomic mass is 9.67. The number of Topliss-reactive ketones (excluding diaryl/α,β-unsaturated/α-hetero) is 2. The molecule has 0 aliphatic heterocycles. The summed E-state index contributed by atoms with van der Waals surface area (Å²) in [7, 11) is 0. The van der Waals surface area contributed by atoms with E-state index in [-0.39, 0.29) is 23.4 Å². The molecule has 4 heteroatoms. The molecule has 0 saturated heterocycles. The first-order valence-electron chi connectivity index (χ1n) is 7.77. The van der Waals surface area contributed by atoms with Gasteiger partial charge in [-0.3, -0.25) is 9.59 Å². The third-order valence-corrected chi connectivity index (χ3v) is 6.23. The smallest absolute Gasteiger partial charge is 0.162 e. The van der Waals surface area contributed by atoms with E-state index in [2.05, 4.69) is 0 Å². The minimum absolute atomic E-state index is 0.0242. The molecule has 0 N–H and O–H groups in total. The average Bonchev–Trinajstić information content (AvgIpc) is 3.22. The van der Waals surface area contributed by atoms with Crippen LogP contribution in [0.25, 0.3) is 12.2 Å². The SMILES string of the molecule is O=C1C(=Cc2cccs2)CC2CC1C/C(=C/c1cccs1)C2=O. The molecule has 0 radical (unpaired) electrons. The van der Waals surface area contributed by atoms with Crippen molar-refractivity contribution in [3.05, 3.63) is 55.9 Å². The molecule has 2 aromatic rings. The third-order valence-electron chi connectivity index (χ3n) is 4.60. The van der Waals surface area contributed by atoms with Crippen LogP contribution < -0.4 is 0 Å². The fourth-order valence-corrected chi connectivity index (χ4v) is 4.88. The maximum Gasteiger partial charge on any atom is 0.162 e. The molecule has 2 bridgehead atoms. The van der Waals surface area contributed by atoms with Crippen LogP contribution >= 0.6 is 22.7 Å². The molecule has 2 nitrogen and oxygen atoms in total. The largest absolute Gasteiger partial charge is 0.294 e. The summed E-state index contributed by atoms with van der Waals surface area (Å²) in [5.41, 5.74) is 1.66. The number of allylic oxidation sites excluding steroid dienone is 2. The van der Waals surface area contributed by atoms with Gasteiger partial charge >= 0.3 is 0 Å². The van der Waals surface area contributed by atoms with Crippen LogP contribution in [0.5, 0.6) is 0 Å². The van der Waals surface area contributed by atoms with Crippen molar-refractivity contribution in [2.45, 2.75) is 19.3 Å². The predicted octanol–water partition coefficient (Wildman–Crippen LogP) is 4.84. The van der Waals surface area contributed by atoms with Crippen molar-refractivity contribution in [1.82, 2.24) is 0 Å². The maximum absolute atomic E-state index is 12.7. The first kappa shape index (κ1) is 14.8. The molecule has 2 heterocycles. The van der Waals surface area contributed by atoms with Crippen LogP contribution in [0.15, 0.2) is 46.2 Å². The highest BCUT2D eigenvalue weighted by atomic mass is 32.1. The number of carbonyl (C=O) groups excluding carboxylic acids is 2. The van der Waals surface area contributed by atoms with E-state index >= 15 is 0 Å². The molecule has 4 rings (SSSR count). The second-order valence-corrected chi connectivity index (χ2v) is 8.09. The molecule has 2 aliphatic rings. The number of rotatable bonds is 2. The molecular formula is C19H16O2S2. The van der Waals surface area contributed by atoms with Gasteiger partial charge in [0.15, 0.2) is 11.6 Å². The molecule has 2 aromatic heterocycles. The number of carbonyl (C=O) groups is 2. The molecule has 2 unspecified atom stereocenters. The molecule has 0 spiro atoms. The average molecular weight is 340 g/mol. The minimum atomic E-state index is -0.0242. The van der Waals surface area contributed by atoms with Crippen molar-refractivity contribution < 1.29 is 9.59 Å². The Kier molecular flexibility index (Phi) is 3.87. The van der Waals surface area contributed by atoms with E-state index < -0.39 is 0 Å². The van der Waals surface area contributed by atoms with Gasteiger partial charge in [-0.2, -0.15) is 0 Å². The maximum atomic E-state index is 12.7. The summed E-state index contributed by atoms with van der Waals surface area (Å²) < 4.78 is 0. The van der Waals surface area contributed by atoms with E-state index in [4.69, 9.17) is 0 Å². The van der Waals surface area contributed by atoms with Crippen molar-refractivity contribution >= 4 is 46.4 Å². The highest BCUT2D eigenvalue weighted by molar-refractivity contribution is 7.11. The number of hydrogen-bond acceptors (Lipinski definition) is 4. The summed E-state index contributed by atoms with van der Waals surface area (Å²) in [5, 5.41) is 4.01. The summed E-state index contributed by atoms with van der Waals surface area (Å²) in [5.74, 6) is 0.422. The van der Waals surface area contributed by atoms with Crippen molar-refractivity contribution in [2.75, 3.05) is 0 Å². The van der Waals surface area contributed by atoms with Crippen LogP contribution in [0.3, 0.4) is 0 Å². The third kappa shape index (κ3) is 2.89. The predicted molar refractivity (Wildman–Crippen MR) is 95.4 cm³/mol. The zero-order chi connectivity index (χ0) is 15.8. The molecule has 0 amide bonds. The van der Waals surface area contributed by atoms with E-state index in [0.29, 0.717) is 12.8 Å². The number of thiophene rings is 2. The fourth-order valence-electron chi connectivity index (χ4n) is 3.52. The monoisotopic (exact) mass is 340 g/mol. The van der Waals surface area contributed by atoms with Gasteiger partial charge in [0.1, 0.15) is 0 Å². The lowest BCUT2D eigenvalue weighted by molar-refractivity contribution is -0.127. The lowest BCUT2D eigenvalue weighted by Gasteiger charge is -2.35. The summed E-state index contributed by atoms with van der Waals surface area (Å²) in [6.07, 6.45) is 5.86. The summed E-state index contributed by atoms with van der Waals surface area (Å²) in [4.78, 5) is 27.6. The lowest BCUT2D eigenvalue weighted by Crippen LogP contribution is -2.37. The van der Waals surface area contributed by atoms with Crippen LogP contribution in [0.1, 0.15) is 29.0 Å². The standard InChI is InChI=1S/C19H16O2S2/c20-18-13-7-12(8-14(18)10-16-3-1-5-22-16)19(21)15(9-13)11-17-4-2-6-23-17/h1-6,10-13H,7-9H2/b14-10-,15-11?. The highest BCUT2D eigenvalue weighted by Gasteiger charge is 2.41. The Labute approximate surface area is 143 Å². The zero-order valence-corrected chi connectivity index (χ0v) is 14.2. The first-order chi connectivity index (χ1) is 11.2. The normalized spacial score (nSPS) is 27.8. The van der Waals surface area contributed by atoms with Crippen molar-refractivity contribution in [2.24, 2.45) is 11.8 Å². The Bertz CT molecular complexity index is 726. The van der Waals surface area contributed by atoms with E-state index in [0.717, 1.165) is 27.3 Å². The van der Waals surface area contributed by atoms with Crippen LogP contribution in [0, 0.1) is 11.8 Å². The summed E-state index contributed by atoms with van der Waals surface area (Å²) in [6, 6.07) is 8.00. The van der Waals surface area contributed by atoms with Gasteiger partial charge < -0.3 is 0 Å². The molecule has 2 fully saturated rings. The second-order valence-electron chi connectivity index (χ2n) is 6.14. The number of hydrogen-bond donors (Lipinski definition) is 0. The fraction of sp³-hybridized carbons (Fsp3) is 0.263. The first-order valence-corrected chi connectivity index (χ1v) is 9.53. The Balaban J connectivity index is 1.63. The van der Waals surface area contributed by atoms with Gasteiger partial charge in [-0.1, -0.05) is 12.1 Å². The molecule has 116 valence electrons. The molecule has 2 aliphatic carbocycles. The van der Waals surface area contributed by atoms with Crippen LogP contribution in [0.4, 0.5) is 0 Å². The number of fused-ring (bicyclic) bond motifs is 2. The van der Waals surface area contributed by atoms with Crippen molar-refractivity contribution in [1.29, 1.82) is 0 Å². The van der Waals surface area contributed by atoms with Crippen LogP contribution in [0.2, 0.25) is 0 Å². The van der Waals surface area contributed by atoms with E-state index in [9.17, 15) is 9.59 Å². The minimum Gasteiger partial charge on any atom is -0.294 e. The van der Waals surface area contributed by atoms with E-state index in [1.807, 2.05) is 47.2 Å². The molecular weight excluding hydrogens is 324 g/mol. The van der Waals surface area contributed by atoms with Gasteiger partial charge in [0.05, 0.1) is 0 Å². The summed E-state index contributed by atoms with van der Waals surface area (Å²) in [6.45, 7) is 0. The van der Waals surface area contributed by atoms with Gasteiger partial charge in [0, 0.05) is 21.6 Å². The van der Waals surface area contributed by atoms with Gasteiger partial charge in [-0.25, -0.2) is 0 Å². The van der Waals surface area contributed by atoms with E-state index in [1.54, 1.807) is 22.7 Å². The quantitative estimate of drug-likeness (QED) is 0.733. The summed E-state index contributed by atoms with van der Waals surface area (Å²) >= 11 is 3.25. The Morgan fingerprint density at radius 2 is 1.30 bits per heavy atom. The Morgan fingerprint density at radius 1 is 0.826 bits per heavy atom. The van der Waals surface area contributed by atoms with Gasteiger partial charge in [-0.15, -0.1) is 22.7 Å². The molecule has 2 atom stereocenters. The Hall–Kier alpha value is -1.78. The topological polar surface area (TPSA) is 34.1 Å². The molecule has 0 aromatic carbocycles. The van der Waals surface area contributed by atoms with Crippen molar-refractivity contribution in [3.8, 4) is 0 Å². The van der Waals surface area contributed by atoms with Crippen molar-refractivity contribution in [3.63, 3.8) is 0 Å². The van der Waals surface area contributed by atoms with Crippen LogP contribution in [-0.4, -0.2) is 11.6 Å². The second kappa shape index (κ2) is 6.02. The molecule has 23 heavy (non-hydrogen) atoms. The van der Waals surface area contributed by atoms with Crippen LogP contribution in [-0.2, 0) is 9.59 Å². The van der Waals surface area contributed by atoms with E-state index in [1.165, 1.54) is 0 Å². The van der Waals surface area contributed by atoms with Gasteiger partial charge in [-0.05, 0) is 65.5 Å².